The van der Waals surface area contributed by atoms with Gasteiger partial charge in [0.15, 0.2) is 11.6 Å². The van der Waals surface area contributed by atoms with Crippen LogP contribution in [0.25, 0.3) is 111 Å². The Balaban J connectivity index is 1.14. The molecule has 12 rings (SSSR count). The van der Waals surface area contributed by atoms with Gasteiger partial charge in [-0.3, -0.25) is 4.57 Å². The van der Waals surface area contributed by atoms with Crippen LogP contribution in [0.5, 0.6) is 0 Å². The zero-order chi connectivity index (χ0) is 39.6. The van der Waals surface area contributed by atoms with Crippen LogP contribution in [-0.2, 0) is 0 Å². The number of benzene rings is 9. The summed E-state index contributed by atoms with van der Waals surface area (Å²) < 4.78 is 4.65. The summed E-state index contributed by atoms with van der Waals surface area (Å²) in [5.41, 5.74) is 12.0. The summed E-state index contributed by atoms with van der Waals surface area (Å²) >= 11 is 0. The Morgan fingerprint density at radius 2 is 0.700 bits per heavy atom. The van der Waals surface area contributed by atoms with Crippen LogP contribution in [0.15, 0.2) is 212 Å². The summed E-state index contributed by atoms with van der Waals surface area (Å²) in [6.07, 6.45) is 0. The summed E-state index contributed by atoms with van der Waals surface area (Å²) in [7, 11) is 0. The van der Waals surface area contributed by atoms with E-state index < -0.39 is 0 Å². The molecule has 0 fully saturated rings. The van der Waals surface area contributed by atoms with Gasteiger partial charge in [0, 0.05) is 38.4 Å². The summed E-state index contributed by atoms with van der Waals surface area (Å²) in [5, 5.41) is 7.10. The molecule has 280 valence electrons. The highest BCUT2D eigenvalue weighted by Crippen LogP contribution is 2.44. The monoisotopic (exact) mass is 765 g/mol. The van der Waals surface area contributed by atoms with E-state index in [1.165, 1.54) is 49.0 Å². The van der Waals surface area contributed by atoms with Gasteiger partial charge in [-0.05, 0) is 69.4 Å². The van der Waals surface area contributed by atoms with Gasteiger partial charge in [-0.2, -0.15) is 9.97 Å². The Morgan fingerprint density at radius 3 is 1.35 bits per heavy atom. The average molecular weight is 766 g/mol. The van der Waals surface area contributed by atoms with E-state index in [-0.39, 0.29) is 0 Å². The molecule has 3 aromatic heterocycles. The van der Waals surface area contributed by atoms with Gasteiger partial charge in [-0.25, -0.2) is 4.98 Å². The Morgan fingerprint density at radius 1 is 0.267 bits per heavy atom. The van der Waals surface area contributed by atoms with Crippen LogP contribution in [0.3, 0.4) is 0 Å². The topological polar surface area (TPSA) is 48.5 Å². The molecule has 0 saturated heterocycles. The molecule has 0 aliphatic heterocycles. The molecule has 0 atom stereocenters. The van der Waals surface area contributed by atoms with Crippen molar-refractivity contribution < 1.29 is 0 Å². The number of hydrogen-bond donors (Lipinski definition) is 0. The zero-order valence-corrected chi connectivity index (χ0v) is 32.4. The van der Waals surface area contributed by atoms with Gasteiger partial charge in [-0.15, -0.1) is 0 Å². The highest BCUT2D eigenvalue weighted by molar-refractivity contribution is 6.33. The fourth-order valence-electron chi connectivity index (χ4n) is 9.01. The van der Waals surface area contributed by atoms with Crippen molar-refractivity contribution in [2.45, 2.75) is 0 Å². The minimum Gasteiger partial charge on any atom is -0.309 e. The van der Waals surface area contributed by atoms with E-state index in [2.05, 4.69) is 197 Å². The highest BCUT2D eigenvalue weighted by Gasteiger charge is 2.24. The number of para-hydroxylation sites is 1. The standard InChI is InChI=1S/C55H35N5/c1-4-14-36(15-5-1)38-24-26-42(27-25-38)54-56-53(41-19-8-3-9-20-41)57-55(58-54)60-48-33-30-40-18-10-11-21-44(40)50(48)52-49(60)35-34-47-51(52)45-22-12-13-23-46(45)59(47)43-31-28-39(29-32-43)37-16-6-2-7-17-37/h1-35H. The van der Waals surface area contributed by atoms with Gasteiger partial charge in [0.1, 0.15) is 0 Å². The van der Waals surface area contributed by atoms with Crippen molar-refractivity contribution in [3.8, 4) is 56.7 Å². The molecule has 0 radical (unpaired) electrons. The molecule has 12 aromatic rings. The third-order valence-electron chi connectivity index (χ3n) is 11.8. The quantitative estimate of drug-likeness (QED) is 0.169. The lowest BCUT2D eigenvalue weighted by molar-refractivity contribution is 0.954. The number of aromatic nitrogens is 5. The van der Waals surface area contributed by atoms with E-state index >= 15 is 0 Å². The van der Waals surface area contributed by atoms with Crippen LogP contribution in [0, 0.1) is 0 Å². The van der Waals surface area contributed by atoms with Gasteiger partial charge < -0.3 is 4.57 Å². The normalized spacial score (nSPS) is 11.7. The molecule has 60 heavy (non-hydrogen) atoms. The predicted molar refractivity (Wildman–Crippen MR) is 248 cm³/mol. The van der Waals surface area contributed by atoms with Crippen molar-refractivity contribution in [2.75, 3.05) is 0 Å². The Hall–Kier alpha value is -8.15. The third-order valence-corrected chi connectivity index (χ3v) is 11.8. The Bertz CT molecular complexity index is 3550. The molecular formula is C55H35N5. The summed E-state index contributed by atoms with van der Waals surface area (Å²) in [6.45, 7) is 0. The maximum atomic E-state index is 5.32. The zero-order valence-electron chi connectivity index (χ0n) is 32.4. The minimum atomic E-state index is 0.570. The van der Waals surface area contributed by atoms with Gasteiger partial charge in [-0.1, -0.05) is 176 Å². The molecular weight excluding hydrogens is 731 g/mol. The van der Waals surface area contributed by atoms with Crippen molar-refractivity contribution in [3.63, 3.8) is 0 Å². The molecule has 3 heterocycles. The van der Waals surface area contributed by atoms with E-state index in [1.54, 1.807) is 0 Å². The lowest BCUT2D eigenvalue weighted by Crippen LogP contribution is -2.06. The van der Waals surface area contributed by atoms with Gasteiger partial charge in [0.25, 0.3) is 0 Å². The van der Waals surface area contributed by atoms with E-state index in [4.69, 9.17) is 15.0 Å². The molecule has 0 amide bonds. The van der Waals surface area contributed by atoms with Gasteiger partial charge in [0.2, 0.25) is 5.95 Å². The molecule has 0 saturated carbocycles. The van der Waals surface area contributed by atoms with Crippen molar-refractivity contribution in [2.24, 2.45) is 0 Å². The first-order chi connectivity index (χ1) is 29.8. The molecule has 0 aliphatic carbocycles. The minimum absolute atomic E-state index is 0.570. The predicted octanol–water partition coefficient (Wildman–Crippen LogP) is 13.9. The number of rotatable bonds is 6. The number of fused-ring (bicyclic) bond motifs is 9. The largest absolute Gasteiger partial charge is 0.309 e. The first-order valence-corrected chi connectivity index (χ1v) is 20.3. The molecule has 9 aromatic carbocycles. The molecule has 5 nitrogen and oxygen atoms in total. The number of nitrogens with zero attached hydrogens (tertiary/aromatic N) is 5. The van der Waals surface area contributed by atoms with E-state index in [1.807, 2.05) is 24.3 Å². The van der Waals surface area contributed by atoms with E-state index in [0.717, 1.165) is 44.4 Å². The highest BCUT2D eigenvalue weighted by atomic mass is 15.2. The van der Waals surface area contributed by atoms with Crippen LogP contribution in [0.4, 0.5) is 0 Å². The Labute approximate surface area is 346 Å². The van der Waals surface area contributed by atoms with Crippen LogP contribution >= 0.6 is 0 Å². The molecule has 0 N–H and O–H groups in total. The van der Waals surface area contributed by atoms with Crippen molar-refractivity contribution in [1.82, 2.24) is 24.1 Å². The maximum absolute atomic E-state index is 5.32. The van der Waals surface area contributed by atoms with Crippen LogP contribution < -0.4 is 0 Å². The van der Waals surface area contributed by atoms with Crippen LogP contribution in [0.2, 0.25) is 0 Å². The van der Waals surface area contributed by atoms with Crippen LogP contribution in [-0.4, -0.2) is 24.1 Å². The fourth-order valence-corrected chi connectivity index (χ4v) is 9.01. The second-order valence-electron chi connectivity index (χ2n) is 15.2. The summed E-state index contributed by atoms with van der Waals surface area (Å²) in [6, 6.07) is 75.0. The van der Waals surface area contributed by atoms with Crippen molar-refractivity contribution >= 4 is 54.4 Å². The SMILES string of the molecule is c1ccc(-c2ccc(-c3nc(-c4ccccc4)nc(-n4c5ccc6ccccc6c5c5c6c7ccccc7n(-c7ccc(-c8ccccc8)cc7)c6ccc54)n3)cc2)cc1. The maximum Gasteiger partial charge on any atom is 0.238 e. The van der Waals surface area contributed by atoms with E-state index in [9.17, 15) is 0 Å². The van der Waals surface area contributed by atoms with Crippen LogP contribution in [0.1, 0.15) is 0 Å². The van der Waals surface area contributed by atoms with Crippen molar-refractivity contribution in [1.29, 1.82) is 0 Å². The first kappa shape index (κ1) is 33.9. The second-order valence-corrected chi connectivity index (χ2v) is 15.2. The first-order valence-electron chi connectivity index (χ1n) is 20.3. The molecule has 0 bridgehead atoms. The molecule has 0 unspecified atom stereocenters. The van der Waals surface area contributed by atoms with Gasteiger partial charge >= 0.3 is 0 Å². The second kappa shape index (κ2) is 13.8. The lowest BCUT2D eigenvalue weighted by Gasteiger charge is -2.12. The van der Waals surface area contributed by atoms with E-state index in [0.29, 0.717) is 17.6 Å². The fraction of sp³-hybridized carbons (Fsp3) is 0. The smallest absolute Gasteiger partial charge is 0.238 e. The average Bonchev–Trinajstić information content (AvgIpc) is 3.86. The molecule has 0 spiro atoms. The molecule has 5 heteroatoms. The van der Waals surface area contributed by atoms with Crippen molar-refractivity contribution in [3.05, 3.63) is 212 Å². The molecule has 0 aliphatic rings. The van der Waals surface area contributed by atoms with Gasteiger partial charge in [0.05, 0.1) is 22.1 Å². The number of hydrogen-bond acceptors (Lipinski definition) is 3. The summed E-state index contributed by atoms with van der Waals surface area (Å²) in [4.78, 5) is 15.7. The third kappa shape index (κ3) is 5.44. The Kier molecular flexibility index (Phi) is 7.78. The lowest BCUT2D eigenvalue weighted by atomic mass is 10.0. The summed E-state index contributed by atoms with van der Waals surface area (Å²) in [5.74, 6) is 1.81.